The number of benzene rings is 2. The second-order valence-corrected chi connectivity index (χ2v) is 8.33. The first kappa shape index (κ1) is 18.0. The SMILES string of the molecule is Cc1nc(S[C@@H](C)C(=O)N[C@H]2CCCc3ccccc32)c2ccccc2n1. The van der Waals surface area contributed by atoms with Crippen LogP contribution in [0.15, 0.2) is 53.6 Å². The van der Waals surface area contributed by atoms with Crippen molar-refractivity contribution in [3.8, 4) is 0 Å². The molecule has 1 aliphatic carbocycles. The minimum Gasteiger partial charge on any atom is -0.348 e. The Hall–Kier alpha value is -2.40. The number of fused-ring (bicyclic) bond motifs is 2. The van der Waals surface area contributed by atoms with Crippen LogP contribution < -0.4 is 5.32 Å². The van der Waals surface area contributed by atoms with Gasteiger partial charge in [0.1, 0.15) is 10.9 Å². The van der Waals surface area contributed by atoms with Gasteiger partial charge in [0, 0.05) is 5.39 Å². The Bertz CT molecular complexity index is 988. The van der Waals surface area contributed by atoms with Crippen molar-refractivity contribution in [1.82, 2.24) is 15.3 Å². The summed E-state index contributed by atoms with van der Waals surface area (Å²) in [5, 5.41) is 4.89. The van der Waals surface area contributed by atoms with E-state index in [1.165, 1.54) is 22.9 Å². The number of nitrogens with one attached hydrogen (secondary N) is 1. The van der Waals surface area contributed by atoms with Crippen molar-refractivity contribution in [2.24, 2.45) is 0 Å². The summed E-state index contributed by atoms with van der Waals surface area (Å²) in [6.07, 6.45) is 3.20. The smallest absolute Gasteiger partial charge is 0.233 e. The monoisotopic (exact) mass is 377 g/mol. The Morgan fingerprint density at radius 2 is 1.93 bits per heavy atom. The molecule has 0 radical (unpaired) electrons. The van der Waals surface area contributed by atoms with Crippen molar-refractivity contribution < 1.29 is 4.79 Å². The standard InChI is InChI=1S/C22H23N3OS/c1-14(27-22-18-11-5-6-12-20(18)23-15(2)24-22)21(26)25-19-13-7-9-16-8-3-4-10-17(16)19/h3-6,8,10-12,14,19H,7,9,13H2,1-2H3,(H,25,26)/t14-,19-/m0/s1. The maximum Gasteiger partial charge on any atom is 0.233 e. The van der Waals surface area contributed by atoms with Crippen LogP contribution in [0.3, 0.4) is 0 Å². The summed E-state index contributed by atoms with van der Waals surface area (Å²) in [5.41, 5.74) is 3.53. The molecule has 4 rings (SSSR count). The summed E-state index contributed by atoms with van der Waals surface area (Å²) < 4.78 is 0. The molecule has 0 spiro atoms. The lowest BCUT2D eigenvalue weighted by molar-refractivity contribution is -0.121. The quantitative estimate of drug-likeness (QED) is 0.533. The largest absolute Gasteiger partial charge is 0.348 e. The highest BCUT2D eigenvalue weighted by Gasteiger charge is 2.24. The van der Waals surface area contributed by atoms with Gasteiger partial charge in [0.2, 0.25) is 5.91 Å². The van der Waals surface area contributed by atoms with Crippen molar-refractivity contribution in [3.05, 3.63) is 65.5 Å². The fourth-order valence-electron chi connectivity index (χ4n) is 3.66. The zero-order chi connectivity index (χ0) is 18.8. The number of nitrogens with zero attached hydrogens (tertiary/aromatic N) is 2. The molecule has 27 heavy (non-hydrogen) atoms. The van der Waals surface area contributed by atoms with Crippen molar-refractivity contribution in [3.63, 3.8) is 0 Å². The Labute approximate surface area is 163 Å². The van der Waals surface area contributed by atoms with Gasteiger partial charge in [-0.25, -0.2) is 9.97 Å². The first-order valence-corrected chi connectivity index (χ1v) is 10.3. The number of carbonyl (C=O) groups excluding carboxylic acids is 1. The molecule has 2 atom stereocenters. The Morgan fingerprint density at radius 3 is 2.81 bits per heavy atom. The molecule has 1 amide bonds. The molecule has 5 heteroatoms. The van der Waals surface area contributed by atoms with E-state index in [1.807, 2.05) is 38.1 Å². The predicted molar refractivity (Wildman–Crippen MR) is 110 cm³/mol. The van der Waals surface area contributed by atoms with E-state index in [0.717, 1.165) is 41.0 Å². The van der Waals surface area contributed by atoms with Crippen molar-refractivity contribution >= 4 is 28.6 Å². The van der Waals surface area contributed by atoms with Gasteiger partial charge in [-0.3, -0.25) is 4.79 Å². The molecule has 1 heterocycles. The third kappa shape index (κ3) is 3.83. The van der Waals surface area contributed by atoms with Crippen LogP contribution in [-0.2, 0) is 11.2 Å². The third-order valence-electron chi connectivity index (χ3n) is 5.02. The average Bonchev–Trinajstić information content (AvgIpc) is 2.68. The second-order valence-electron chi connectivity index (χ2n) is 7.01. The maximum atomic E-state index is 12.9. The Balaban J connectivity index is 1.51. The molecule has 138 valence electrons. The normalized spacial score (nSPS) is 17.3. The molecule has 0 bridgehead atoms. The van der Waals surface area contributed by atoms with Crippen LogP contribution >= 0.6 is 11.8 Å². The fraction of sp³-hybridized carbons (Fsp3) is 0.318. The number of hydrogen-bond acceptors (Lipinski definition) is 4. The van der Waals surface area contributed by atoms with Gasteiger partial charge >= 0.3 is 0 Å². The molecule has 1 aromatic heterocycles. The lowest BCUT2D eigenvalue weighted by Crippen LogP contribution is -2.35. The minimum absolute atomic E-state index is 0.0575. The van der Waals surface area contributed by atoms with Crippen LogP contribution in [0, 0.1) is 6.92 Å². The van der Waals surface area contributed by atoms with Gasteiger partial charge in [-0.15, -0.1) is 0 Å². The van der Waals surface area contributed by atoms with E-state index in [9.17, 15) is 4.79 Å². The predicted octanol–water partition coefficient (Wildman–Crippen LogP) is 4.61. The van der Waals surface area contributed by atoms with Gasteiger partial charge in [-0.1, -0.05) is 54.2 Å². The van der Waals surface area contributed by atoms with Gasteiger partial charge < -0.3 is 5.32 Å². The van der Waals surface area contributed by atoms with Gasteiger partial charge in [-0.05, 0) is 50.3 Å². The summed E-state index contributed by atoms with van der Waals surface area (Å²) in [6.45, 7) is 3.83. The van der Waals surface area contributed by atoms with Crippen molar-refractivity contribution in [1.29, 1.82) is 0 Å². The summed E-state index contributed by atoms with van der Waals surface area (Å²) in [7, 11) is 0. The van der Waals surface area contributed by atoms with Crippen LogP contribution in [-0.4, -0.2) is 21.1 Å². The van der Waals surface area contributed by atoms with Crippen LogP contribution in [0.1, 0.15) is 42.8 Å². The highest BCUT2D eigenvalue weighted by atomic mass is 32.2. The number of carbonyl (C=O) groups is 1. The molecule has 3 aromatic rings. The number of amides is 1. The average molecular weight is 378 g/mol. The van der Waals surface area contributed by atoms with Crippen LogP contribution in [0.2, 0.25) is 0 Å². The van der Waals surface area contributed by atoms with Crippen LogP contribution in [0.4, 0.5) is 0 Å². The molecule has 0 saturated carbocycles. The second kappa shape index (κ2) is 7.69. The number of thioether (sulfide) groups is 1. The Kier molecular flexibility index (Phi) is 5.12. The van der Waals surface area contributed by atoms with E-state index in [1.54, 1.807) is 0 Å². The molecular weight excluding hydrogens is 354 g/mol. The molecule has 0 aliphatic heterocycles. The maximum absolute atomic E-state index is 12.9. The fourth-order valence-corrected chi connectivity index (χ4v) is 4.66. The number of aromatic nitrogens is 2. The summed E-state index contributed by atoms with van der Waals surface area (Å²) in [6, 6.07) is 16.5. The Morgan fingerprint density at radius 1 is 1.15 bits per heavy atom. The van der Waals surface area contributed by atoms with E-state index in [0.29, 0.717) is 0 Å². The minimum atomic E-state index is -0.225. The van der Waals surface area contributed by atoms with Crippen molar-refractivity contribution in [2.75, 3.05) is 0 Å². The van der Waals surface area contributed by atoms with E-state index in [4.69, 9.17) is 0 Å². The summed E-state index contributed by atoms with van der Waals surface area (Å²) >= 11 is 1.50. The van der Waals surface area contributed by atoms with E-state index < -0.39 is 0 Å². The molecule has 2 aromatic carbocycles. The summed E-state index contributed by atoms with van der Waals surface area (Å²) in [5.74, 6) is 0.784. The lowest BCUT2D eigenvalue weighted by Gasteiger charge is -2.27. The zero-order valence-corrected chi connectivity index (χ0v) is 16.4. The van der Waals surface area contributed by atoms with Gasteiger partial charge in [-0.2, -0.15) is 0 Å². The molecule has 0 unspecified atom stereocenters. The highest BCUT2D eigenvalue weighted by Crippen LogP contribution is 2.32. The topological polar surface area (TPSA) is 54.9 Å². The lowest BCUT2D eigenvalue weighted by atomic mass is 9.88. The van der Waals surface area contributed by atoms with Crippen LogP contribution in [0.25, 0.3) is 10.9 Å². The number of aryl methyl sites for hydroxylation is 2. The number of rotatable bonds is 4. The molecule has 1 aliphatic rings. The van der Waals surface area contributed by atoms with Crippen molar-refractivity contribution in [2.45, 2.75) is 49.4 Å². The first-order chi connectivity index (χ1) is 13.1. The third-order valence-corrected chi connectivity index (χ3v) is 6.13. The number of para-hydroxylation sites is 1. The van der Waals surface area contributed by atoms with Gasteiger partial charge in [0.05, 0.1) is 16.8 Å². The first-order valence-electron chi connectivity index (χ1n) is 9.40. The molecule has 4 nitrogen and oxygen atoms in total. The molecular formula is C22H23N3OS. The highest BCUT2D eigenvalue weighted by molar-refractivity contribution is 8.00. The van der Waals surface area contributed by atoms with Crippen LogP contribution in [0.5, 0.6) is 0 Å². The van der Waals surface area contributed by atoms with E-state index >= 15 is 0 Å². The molecule has 0 saturated heterocycles. The van der Waals surface area contributed by atoms with Gasteiger partial charge in [0.25, 0.3) is 0 Å². The number of hydrogen-bond donors (Lipinski definition) is 1. The molecule has 1 N–H and O–H groups in total. The molecule has 0 fully saturated rings. The van der Waals surface area contributed by atoms with E-state index in [-0.39, 0.29) is 17.2 Å². The van der Waals surface area contributed by atoms with Gasteiger partial charge in [0.15, 0.2) is 0 Å². The zero-order valence-electron chi connectivity index (χ0n) is 15.6. The summed E-state index contributed by atoms with van der Waals surface area (Å²) in [4.78, 5) is 21.9. The van der Waals surface area contributed by atoms with E-state index in [2.05, 4.69) is 39.6 Å².